The number of amides is 1. The number of benzene rings is 1. The molecular formula is C16H16N2O4. The molecular weight excluding hydrogens is 284 g/mol. The Balaban J connectivity index is 1.33. The summed E-state index contributed by atoms with van der Waals surface area (Å²) in [5.74, 6) is 2.43. The third kappa shape index (κ3) is 2.64. The maximum atomic E-state index is 12.1. The minimum absolute atomic E-state index is 0.214. The number of nitrogens with one attached hydrogen (secondary N) is 1. The van der Waals surface area contributed by atoms with Gasteiger partial charge in [0.2, 0.25) is 0 Å². The molecule has 6 heteroatoms. The highest BCUT2D eigenvalue weighted by Gasteiger charge is 2.29. The van der Waals surface area contributed by atoms with Crippen LogP contribution in [-0.2, 0) is 0 Å². The first-order valence-corrected chi connectivity index (χ1v) is 7.43. The lowest BCUT2D eigenvalue weighted by Gasteiger charge is -2.26. The molecule has 1 aromatic carbocycles. The molecule has 1 N–H and O–H groups in total. The number of ether oxygens (including phenoxy) is 2. The number of carbonyl (C=O) groups excluding carboxylic acids is 1. The summed E-state index contributed by atoms with van der Waals surface area (Å²) in [6, 6.07) is 9.21. The van der Waals surface area contributed by atoms with Gasteiger partial charge in [-0.1, -0.05) is 17.3 Å². The lowest BCUT2D eigenvalue weighted by molar-refractivity contribution is 0.0784. The first-order chi connectivity index (χ1) is 10.8. The van der Waals surface area contributed by atoms with E-state index in [2.05, 4.69) is 10.5 Å². The maximum absolute atomic E-state index is 12.1. The molecule has 1 aliphatic carbocycles. The topological polar surface area (TPSA) is 73.6 Å². The highest BCUT2D eigenvalue weighted by molar-refractivity contribution is 5.92. The van der Waals surface area contributed by atoms with E-state index in [1.807, 2.05) is 24.3 Å². The Morgan fingerprint density at radius 2 is 2.09 bits per heavy atom. The molecule has 2 aliphatic rings. The van der Waals surface area contributed by atoms with Crippen LogP contribution in [0.25, 0.3) is 0 Å². The van der Waals surface area contributed by atoms with Crippen molar-refractivity contribution in [2.45, 2.75) is 24.9 Å². The van der Waals surface area contributed by atoms with Crippen molar-refractivity contribution in [3.05, 3.63) is 41.8 Å². The van der Waals surface area contributed by atoms with E-state index >= 15 is 0 Å². The average Bonchev–Trinajstić information content (AvgIpc) is 3.29. The van der Waals surface area contributed by atoms with Crippen molar-refractivity contribution in [1.29, 1.82) is 0 Å². The van der Waals surface area contributed by atoms with E-state index in [1.54, 1.807) is 6.07 Å². The smallest absolute Gasteiger partial charge is 0.273 e. The van der Waals surface area contributed by atoms with Gasteiger partial charge in [0.25, 0.3) is 5.91 Å². The van der Waals surface area contributed by atoms with Crippen molar-refractivity contribution in [2.24, 2.45) is 0 Å². The molecule has 1 amide bonds. The van der Waals surface area contributed by atoms with E-state index in [0.29, 0.717) is 30.5 Å². The van der Waals surface area contributed by atoms with Crippen molar-refractivity contribution >= 4 is 5.91 Å². The van der Waals surface area contributed by atoms with Crippen LogP contribution in [0.4, 0.5) is 0 Å². The fourth-order valence-electron chi connectivity index (χ4n) is 2.42. The molecule has 0 bridgehead atoms. The van der Waals surface area contributed by atoms with Crippen LogP contribution in [0, 0.1) is 0 Å². The van der Waals surface area contributed by atoms with Gasteiger partial charge < -0.3 is 19.3 Å². The summed E-state index contributed by atoms with van der Waals surface area (Å²) in [5.41, 5.74) is 0.319. The summed E-state index contributed by atoms with van der Waals surface area (Å²) in [5, 5.41) is 6.62. The molecule has 2 aromatic rings. The number of carbonyl (C=O) groups is 1. The number of aromatic nitrogens is 1. The third-order valence-corrected chi connectivity index (χ3v) is 3.80. The summed E-state index contributed by atoms with van der Waals surface area (Å²) in [7, 11) is 0. The Labute approximate surface area is 127 Å². The Bertz CT molecular complexity index is 693. The Kier molecular flexibility index (Phi) is 3.21. The maximum Gasteiger partial charge on any atom is 0.273 e. The van der Waals surface area contributed by atoms with Crippen LogP contribution in [0.1, 0.15) is 35.0 Å². The van der Waals surface area contributed by atoms with Crippen molar-refractivity contribution in [3.8, 4) is 11.5 Å². The molecule has 1 saturated carbocycles. The van der Waals surface area contributed by atoms with Gasteiger partial charge in [0.1, 0.15) is 18.5 Å². The molecule has 0 saturated heterocycles. The fourth-order valence-corrected chi connectivity index (χ4v) is 2.42. The monoisotopic (exact) mass is 300 g/mol. The van der Waals surface area contributed by atoms with E-state index in [0.717, 1.165) is 24.4 Å². The van der Waals surface area contributed by atoms with Crippen LogP contribution in [0.3, 0.4) is 0 Å². The molecule has 4 rings (SSSR count). The number of para-hydroxylation sites is 2. The average molecular weight is 300 g/mol. The highest BCUT2D eigenvalue weighted by Crippen LogP contribution is 2.40. The molecule has 1 aliphatic heterocycles. The quantitative estimate of drug-likeness (QED) is 0.936. The number of fused-ring (bicyclic) bond motifs is 1. The van der Waals surface area contributed by atoms with Gasteiger partial charge in [0, 0.05) is 12.0 Å². The molecule has 1 aromatic heterocycles. The second-order valence-electron chi connectivity index (χ2n) is 5.60. The van der Waals surface area contributed by atoms with Gasteiger partial charge in [0.05, 0.1) is 6.54 Å². The minimum Gasteiger partial charge on any atom is -0.486 e. The summed E-state index contributed by atoms with van der Waals surface area (Å²) in [6.07, 6.45) is 2.01. The zero-order valence-corrected chi connectivity index (χ0v) is 12.0. The molecule has 0 spiro atoms. The largest absolute Gasteiger partial charge is 0.486 e. The van der Waals surface area contributed by atoms with E-state index < -0.39 is 0 Å². The van der Waals surface area contributed by atoms with Gasteiger partial charge in [-0.25, -0.2) is 0 Å². The molecule has 1 atom stereocenters. The summed E-state index contributed by atoms with van der Waals surface area (Å²) < 4.78 is 16.6. The van der Waals surface area contributed by atoms with Crippen LogP contribution in [0.2, 0.25) is 0 Å². The fraction of sp³-hybridized carbons (Fsp3) is 0.375. The van der Waals surface area contributed by atoms with Crippen molar-refractivity contribution in [2.75, 3.05) is 13.2 Å². The predicted octanol–water partition coefficient (Wildman–Crippen LogP) is 2.12. The third-order valence-electron chi connectivity index (χ3n) is 3.80. The molecule has 114 valence electrons. The van der Waals surface area contributed by atoms with Crippen LogP contribution >= 0.6 is 0 Å². The minimum atomic E-state index is -0.252. The van der Waals surface area contributed by atoms with Gasteiger partial charge in [-0.2, -0.15) is 0 Å². The summed E-state index contributed by atoms with van der Waals surface area (Å²) in [6.45, 7) is 0.766. The van der Waals surface area contributed by atoms with E-state index in [-0.39, 0.29) is 12.0 Å². The zero-order valence-electron chi connectivity index (χ0n) is 12.0. The molecule has 0 radical (unpaired) electrons. The Hall–Kier alpha value is -2.50. The van der Waals surface area contributed by atoms with Gasteiger partial charge in [-0.3, -0.25) is 4.79 Å². The second kappa shape index (κ2) is 5.36. The Morgan fingerprint density at radius 1 is 1.27 bits per heavy atom. The lowest BCUT2D eigenvalue weighted by atomic mass is 10.2. The standard InChI is InChI=1S/C16H16N2O4/c19-16(12-7-15(22-18-12)10-5-6-10)17-8-11-9-20-13-3-1-2-4-14(13)21-11/h1-4,7,10-11H,5-6,8-9H2,(H,17,19)/t11-/m1/s1. The van der Waals surface area contributed by atoms with Crippen LogP contribution in [0.15, 0.2) is 34.9 Å². The van der Waals surface area contributed by atoms with Crippen molar-refractivity contribution in [1.82, 2.24) is 10.5 Å². The SMILES string of the molecule is O=C(NC[C@@H]1COc2ccccc2O1)c1cc(C2CC2)on1. The first-order valence-electron chi connectivity index (χ1n) is 7.43. The molecule has 2 heterocycles. The summed E-state index contributed by atoms with van der Waals surface area (Å²) in [4.78, 5) is 12.1. The van der Waals surface area contributed by atoms with E-state index in [9.17, 15) is 4.79 Å². The second-order valence-corrected chi connectivity index (χ2v) is 5.60. The van der Waals surface area contributed by atoms with Gasteiger partial charge in [0.15, 0.2) is 17.2 Å². The molecule has 0 unspecified atom stereocenters. The van der Waals surface area contributed by atoms with Gasteiger partial charge in [-0.05, 0) is 25.0 Å². The van der Waals surface area contributed by atoms with Gasteiger partial charge in [-0.15, -0.1) is 0 Å². The molecule has 22 heavy (non-hydrogen) atoms. The normalized spacial score (nSPS) is 19.7. The predicted molar refractivity (Wildman–Crippen MR) is 77.2 cm³/mol. The highest BCUT2D eigenvalue weighted by atomic mass is 16.6. The van der Waals surface area contributed by atoms with Crippen LogP contribution in [-0.4, -0.2) is 30.3 Å². The lowest BCUT2D eigenvalue weighted by Crippen LogP contribution is -2.40. The van der Waals surface area contributed by atoms with Crippen LogP contribution in [0.5, 0.6) is 11.5 Å². The molecule has 6 nitrogen and oxygen atoms in total. The van der Waals surface area contributed by atoms with E-state index in [1.165, 1.54) is 0 Å². The number of rotatable bonds is 4. The number of hydrogen-bond donors (Lipinski definition) is 1. The van der Waals surface area contributed by atoms with Gasteiger partial charge >= 0.3 is 0 Å². The van der Waals surface area contributed by atoms with E-state index in [4.69, 9.17) is 14.0 Å². The number of hydrogen-bond acceptors (Lipinski definition) is 5. The van der Waals surface area contributed by atoms with Crippen molar-refractivity contribution < 1.29 is 18.8 Å². The number of nitrogens with zero attached hydrogens (tertiary/aromatic N) is 1. The summed E-state index contributed by atoms with van der Waals surface area (Å²) >= 11 is 0. The Morgan fingerprint density at radius 3 is 2.91 bits per heavy atom. The van der Waals surface area contributed by atoms with Crippen molar-refractivity contribution in [3.63, 3.8) is 0 Å². The molecule has 1 fully saturated rings. The first kappa shape index (κ1) is 13.2. The van der Waals surface area contributed by atoms with Crippen LogP contribution < -0.4 is 14.8 Å². The zero-order chi connectivity index (χ0) is 14.9.